The van der Waals surface area contributed by atoms with E-state index in [2.05, 4.69) is 4.98 Å². The lowest BCUT2D eigenvalue weighted by atomic mass is 10.1. The molecule has 0 unspecified atom stereocenters. The van der Waals surface area contributed by atoms with Crippen LogP contribution in [0, 0.1) is 0 Å². The summed E-state index contributed by atoms with van der Waals surface area (Å²) in [6, 6.07) is 34.8. The highest BCUT2D eigenvalue weighted by atomic mass is 16.5. The van der Waals surface area contributed by atoms with E-state index in [1.807, 2.05) is 107 Å². The highest BCUT2D eigenvalue weighted by molar-refractivity contribution is 5.98. The Kier molecular flexibility index (Phi) is 13.6. The van der Waals surface area contributed by atoms with Gasteiger partial charge in [-0.15, -0.1) is 0 Å². The van der Waals surface area contributed by atoms with Crippen LogP contribution in [0.3, 0.4) is 0 Å². The summed E-state index contributed by atoms with van der Waals surface area (Å²) in [5.74, 6) is 2.76. The number of nitrogens with zero attached hydrogens (tertiary/aromatic N) is 3. The van der Waals surface area contributed by atoms with E-state index in [-0.39, 0.29) is 17.5 Å². The van der Waals surface area contributed by atoms with Crippen molar-refractivity contribution in [2.24, 2.45) is 0 Å². The minimum atomic E-state index is -0.223. The van der Waals surface area contributed by atoms with Gasteiger partial charge in [-0.25, -0.2) is 0 Å². The zero-order valence-corrected chi connectivity index (χ0v) is 30.4. The fraction of sp³-hybridized carbons (Fsp3) is 0.279. The Morgan fingerprint density at radius 3 is 1.08 bits per heavy atom. The maximum atomic E-state index is 14.2. The molecule has 0 atom stereocenters. The number of amides is 2. The average Bonchev–Trinajstić information content (AvgIpc) is 3.21. The number of ether oxygens (including phenoxy) is 4. The second-order valence-electron chi connectivity index (χ2n) is 12.4. The molecule has 0 aliphatic rings. The average molecular weight is 702 g/mol. The van der Waals surface area contributed by atoms with Crippen molar-refractivity contribution in [1.82, 2.24) is 14.8 Å². The quantitative estimate of drug-likeness (QED) is 0.0975. The summed E-state index contributed by atoms with van der Waals surface area (Å²) in [5.41, 5.74) is 5.03. The van der Waals surface area contributed by atoms with Crippen molar-refractivity contribution in [2.45, 2.75) is 25.7 Å². The van der Waals surface area contributed by atoms with Crippen LogP contribution in [0.15, 0.2) is 115 Å². The predicted molar refractivity (Wildman–Crippen MR) is 203 cm³/mol. The summed E-state index contributed by atoms with van der Waals surface area (Å²) >= 11 is 0. The molecule has 0 aliphatic carbocycles. The van der Waals surface area contributed by atoms with Gasteiger partial charge in [-0.05, 0) is 109 Å². The van der Waals surface area contributed by atoms with Crippen molar-refractivity contribution in [3.63, 3.8) is 0 Å². The molecule has 9 heteroatoms. The molecule has 1 aromatic heterocycles. The van der Waals surface area contributed by atoms with E-state index in [4.69, 9.17) is 18.9 Å². The van der Waals surface area contributed by atoms with Crippen molar-refractivity contribution in [3.05, 3.63) is 149 Å². The monoisotopic (exact) mass is 701 g/mol. The Labute approximate surface area is 306 Å². The normalized spacial score (nSPS) is 10.7. The van der Waals surface area contributed by atoms with Gasteiger partial charge in [0.2, 0.25) is 0 Å². The molecule has 0 aliphatic heterocycles. The van der Waals surface area contributed by atoms with Gasteiger partial charge in [-0.2, -0.15) is 0 Å². The third kappa shape index (κ3) is 10.6. The molecule has 9 nitrogen and oxygen atoms in total. The summed E-state index contributed by atoms with van der Waals surface area (Å²) < 4.78 is 21.3. The zero-order valence-electron chi connectivity index (χ0n) is 30.4. The number of hydrogen-bond acceptors (Lipinski definition) is 7. The van der Waals surface area contributed by atoms with Crippen LogP contribution in [0.25, 0.3) is 0 Å². The number of methoxy groups -OCH3 is 4. The molecular weight excluding hydrogens is 654 g/mol. The maximum Gasteiger partial charge on any atom is 0.272 e. The van der Waals surface area contributed by atoms with Crippen LogP contribution in [-0.4, -0.2) is 81.2 Å². The van der Waals surface area contributed by atoms with E-state index in [1.165, 1.54) is 0 Å². The first-order valence-electron chi connectivity index (χ1n) is 17.5. The zero-order chi connectivity index (χ0) is 36.7. The molecule has 270 valence electrons. The molecule has 0 saturated carbocycles. The van der Waals surface area contributed by atoms with E-state index in [9.17, 15) is 9.59 Å². The van der Waals surface area contributed by atoms with Crippen LogP contribution in [0.4, 0.5) is 0 Å². The van der Waals surface area contributed by atoms with Crippen molar-refractivity contribution in [1.29, 1.82) is 0 Å². The molecule has 0 saturated heterocycles. The Morgan fingerprint density at radius 2 is 0.769 bits per heavy atom. The van der Waals surface area contributed by atoms with Gasteiger partial charge in [0.05, 0.1) is 28.4 Å². The van der Waals surface area contributed by atoms with E-state index in [0.29, 0.717) is 57.4 Å². The lowest BCUT2D eigenvalue weighted by Crippen LogP contribution is -2.36. The van der Waals surface area contributed by atoms with Crippen molar-refractivity contribution in [2.75, 3.05) is 54.6 Å². The Bertz CT molecular complexity index is 1620. The van der Waals surface area contributed by atoms with Crippen molar-refractivity contribution >= 4 is 11.8 Å². The Hall–Kier alpha value is -5.83. The van der Waals surface area contributed by atoms with E-state index < -0.39 is 0 Å². The minimum absolute atomic E-state index is 0.151. The smallest absolute Gasteiger partial charge is 0.272 e. The SMILES string of the molecule is COc1ccc(CCN(CCc2ccc(OC)cc2)C(=O)c2ccnc(C(=O)N(CCc3ccc(OC)cc3)CCc3ccc(OC)cc3)c2)cc1. The summed E-state index contributed by atoms with van der Waals surface area (Å²) in [5, 5.41) is 0. The second kappa shape index (κ2) is 19.0. The second-order valence-corrected chi connectivity index (χ2v) is 12.4. The number of pyridine rings is 1. The standard InChI is InChI=1S/C43H47N3O6/c1-49-37-13-5-32(6-14-37)22-27-45(28-23-33-7-15-38(50-2)16-8-33)42(47)36-21-26-44-41(31-36)43(48)46(29-24-34-9-17-39(51-3)18-10-34)30-25-35-11-19-40(52-4)20-12-35/h5-21,26,31H,22-25,27-30H2,1-4H3. The van der Waals surface area contributed by atoms with Gasteiger partial charge in [-0.1, -0.05) is 48.5 Å². The number of benzene rings is 4. The van der Waals surface area contributed by atoms with Crippen LogP contribution < -0.4 is 18.9 Å². The fourth-order valence-corrected chi connectivity index (χ4v) is 5.88. The largest absolute Gasteiger partial charge is 0.497 e. The van der Waals surface area contributed by atoms with E-state index in [0.717, 1.165) is 45.3 Å². The molecule has 2 amide bonds. The Balaban J connectivity index is 1.34. The topological polar surface area (TPSA) is 90.4 Å². The first-order valence-corrected chi connectivity index (χ1v) is 17.5. The molecule has 52 heavy (non-hydrogen) atoms. The van der Waals surface area contributed by atoms with Gasteiger partial charge in [0.25, 0.3) is 11.8 Å². The number of aromatic nitrogens is 1. The molecule has 0 fully saturated rings. The summed E-state index contributed by atoms with van der Waals surface area (Å²) in [6.45, 7) is 1.97. The number of rotatable bonds is 18. The van der Waals surface area contributed by atoms with Crippen LogP contribution >= 0.6 is 0 Å². The van der Waals surface area contributed by atoms with Crippen LogP contribution in [0.5, 0.6) is 23.0 Å². The molecule has 0 radical (unpaired) electrons. The molecular formula is C43H47N3O6. The maximum absolute atomic E-state index is 14.2. The predicted octanol–water partition coefficient (Wildman–Crippen LogP) is 6.97. The van der Waals surface area contributed by atoms with Gasteiger partial charge in [0.1, 0.15) is 28.7 Å². The minimum Gasteiger partial charge on any atom is -0.497 e. The van der Waals surface area contributed by atoms with Crippen molar-refractivity contribution in [3.8, 4) is 23.0 Å². The summed E-state index contributed by atoms with van der Waals surface area (Å²) in [7, 11) is 6.57. The Morgan fingerprint density at radius 1 is 0.462 bits per heavy atom. The van der Waals surface area contributed by atoms with Crippen LogP contribution in [0.2, 0.25) is 0 Å². The molecule has 0 bridgehead atoms. The number of hydrogen-bond donors (Lipinski definition) is 0. The molecule has 0 spiro atoms. The van der Waals surface area contributed by atoms with Gasteiger partial charge < -0.3 is 28.7 Å². The third-order valence-corrected chi connectivity index (χ3v) is 9.12. The first kappa shape index (κ1) is 37.4. The number of carbonyl (C=O) groups excluding carboxylic acids is 2. The van der Waals surface area contributed by atoms with Gasteiger partial charge in [-0.3, -0.25) is 14.6 Å². The molecule has 0 N–H and O–H groups in total. The molecule has 4 aromatic carbocycles. The fourth-order valence-electron chi connectivity index (χ4n) is 5.88. The molecule has 1 heterocycles. The van der Waals surface area contributed by atoms with Gasteiger partial charge in [0.15, 0.2) is 0 Å². The highest BCUT2D eigenvalue weighted by Crippen LogP contribution is 2.18. The summed E-state index contributed by atoms with van der Waals surface area (Å²) in [6.07, 6.45) is 4.19. The van der Waals surface area contributed by atoms with Gasteiger partial charge in [0, 0.05) is 37.9 Å². The van der Waals surface area contributed by atoms with E-state index >= 15 is 0 Å². The van der Waals surface area contributed by atoms with E-state index in [1.54, 1.807) is 46.8 Å². The third-order valence-electron chi connectivity index (χ3n) is 9.12. The molecule has 5 aromatic rings. The van der Waals surface area contributed by atoms with Gasteiger partial charge >= 0.3 is 0 Å². The van der Waals surface area contributed by atoms with Crippen molar-refractivity contribution < 1.29 is 28.5 Å². The number of carbonyl (C=O) groups is 2. The first-order chi connectivity index (χ1) is 25.4. The molecule has 5 rings (SSSR count). The lowest BCUT2D eigenvalue weighted by Gasteiger charge is -2.25. The summed E-state index contributed by atoms with van der Waals surface area (Å²) in [4.78, 5) is 36.4. The lowest BCUT2D eigenvalue weighted by molar-refractivity contribution is 0.0752. The van der Waals surface area contributed by atoms with Crippen LogP contribution in [-0.2, 0) is 25.7 Å². The van der Waals surface area contributed by atoms with Crippen LogP contribution in [0.1, 0.15) is 43.1 Å². The highest BCUT2D eigenvalue weighted by Gasteiger charge is 2.22.